The number of carbonyl (C=O) groups is 1. The average Bonchev–Trinajstić information content (AvgIpc) is 2.74. The SMILES string of the molecule is NC(=O)c1ccc(CN2CC[C@@H](N)C2)c([N+](=O)[O-])c1. The molecule has 1 saturated heterocycles. The number of hydrogen-bond acceptors (Lipinski definition) is 5. The van der Waals surface area contributed by atoms with E-state index in [2.05, 4.69) is 4.90 Å². The number of hydrogen-bond donors (Lipinski definition) is 2. The predicted molar refractivity (Wildman–Crippen MR) is 69.5 cm³/mol. The third kappa shape index (κ3) is 3.07. The summed E-state index contributed by atoms with van der Waals surface area (Å²) in [6, 6.07) is 4.46. The molecule has 1 heterocycles. The second-order valence-corrected chi connectivity index (χ2v) is 4.75. The third-order valence-electron chi connectivity index (χ3n) is 3.27. The number of carbonyl (C=O) groups excluding carboxylic acids is 1. The van der Waals surface area contributed by atoms with E-state index in [-0.39, 0.29) is 17.3 Å². The standard InChI is InChI=1S/C12H16N4O3/c13-10-3-4-15(7-10)6-9-2-1-8(12(14)17)5-11(9)16(18)19/h1-2,5,10H,3-4,6-7,13H2,(H2,14,17)/t10-/m1/s1. The van der Waals surface area contributed by atoms with E-state index in [1.807, 2.05) is 0 Å². The van der Waals surface area contributed by atoms with E-state index >= 15 is 0 Å². The predicted octanol–water partition coefficient (Wildman–Crippen LogP) is 0.227. The van der Waals surface area contributed by atoms with Crippen LogP contribution in [-0.4, -0.2) is 34.9 Å². The highest BCUT2D eigenvalue weighted by Crippen LogP contribution is 2.23. The van der Waals surface area contributed by atoms with Crippen LogP contribution in [-0.2, 0) is 6.54 Å². The van der Waals surface area contributed by atoms with Crippen LogP contribution in [0.5, 0.6) is 0 Å². The van der Waals surface area contributed by atoms with E-state index in [0.717, 1.165) is 19.5 Å². The molecule has 19 heavy (non-hydrogen) atoms. The summed E-state index contributed by atoms with van der Waals surface area (Å²) in [7, 11) is 0. The van der Waals surface area contributed by atoms with E-state index in [1.165, 1.54) is 12.1 Å². The van der Waals surface area contributed by atoms with Gasteiger partial charge in [-0.1, -0.05) is 6.07 Å². The van der Waals surface area contributed by atoms with Gasteiger partial charge in [0.2, 0.25) is 5.91 Å². The Balaban J connectivity index is 2.24. The Labute approximate surface area is 110 Å². The Bertz CT molecular complexity index is 518. The summed E-state index contributed by atoms with van der Waals surface area (Å²) >= 11 is 0. The van der Waals surface area contributed by atoms with E-state index in [1.54, 1.807) is 6.07 Å². The van der Waals surface area contributed by atoms with Crippen LogP contribution in [0.25, 0.3) is 0 Å². The average molecular weight is 264 g/mol. The number of nitrogens with zero attached hydrogens (tertiary/aromatic N) is 2. The minimum absolute atomic E-state index is 0.0724. The Morgan fingerprint density at radius 1 is 1.53 bits per heavy atom. The maximum absolute atomic E-state index is 11.0. The number of nitro benzene ring substituents is 1. The van der Waals surface area contributed by atoms with Gasteiger partial charge in [-0.3, -0.25) is 19.8 Å². The molecule has 1 aliphatic heterocycles. The number of amides is 1. The lowest BCUT2D eigenvalue weighted by atomic mass is 10.1. The van der Waals surface area contributed by atoms with Crippen LogP contribution >= 0.6 is 0 Å². The fourth-order valence-corrected chi connectivity index (χ4v) is 2.27. The van der Waals surface area contributed by atoms with Crippen LogP contribution in [0, 0.1) is 10.1 Å². The zero-order valence-electron chi connectivity index (χ0n) is 10.4. The van der Waals surface area contributed by atoms with E-state index in [9.17, 15) is 14.9 Å². The minimum atomic E-state index is -0.669. The molecule has 0 spiro atoms. The van der Waals surface area contributed by atoms with E-state index < -0.39 is 10.8 Å². The maximum Gasteiger partial charge on any atom is 0.274 e. The van der Waals surface area contributed by atoms with Gasteiger partial charge in [-0.15, -0.1) is 0 Å². The molecular formula is C12H16N4O3. The molecule has 0 radical (unpaired) electrons. The molecule has 1 aliphatic rings. The summed E-state index contributed by atoms with van der Waals surface area (Å²) in [5.74, 6) is -0.669. The lowest BCUT2D eigenvalue weighted by molar-refractivity contribution is -0.385. The van der Waals surface area contributed by atoms with Gasteiger partial charge >= 0.3 is 0 Å². The van der Waals surface area contributed by atoms with Gasteiger partial charge in [-0.25, -0.2) is 0 Å². The molecule has 2 rings (SSSR count). The number of likely N-dealkylation sites (tertiary alicyclic amines) is 1. The van der Waals surface area contributed by atoms with Crippen LogP contribution in [0.4, 0.5) is 5.69 Å². The fourth-order valence-electron chi connectivity index (χ4n) is 2.27. The molecule has 1 amide bonds. The molecule has 7 heteroatoms. The van der Waals surface area contributed by atoms with Crippen molar-refractivity contribution in [3.05, 3.63) is 39.4 Å². The van der Waals surface area contributed by atoms with Gasteiger partial charge in [-0.05, 0) is 12.5 Å². The summed E-state index contributed by atoms with van der Waals surface area (Å²) < 4.78 is 0. The van der Waals surface area contributed by atoms with E-state index in [4.69, 9.17) is 11.5 Å². The van der Waals surface area contributed by atoms with E-state index in [0.29, 0.717) is 12.1 Å². The fraction of sp³-hybridized carbons (Fsp3) is 0.417. The Morgan fingerprint density at radius 3 is 2.79 bits per heavy atom. The molecule has 1 fully saturated rings. The van der Waals surface area contributed by atoms with Crippen LogP contribution in [0.2, 0.25) is 0 Å². The third-order valence-corrected chi connectivity index (χ3v) is 3.27. The van der Waals surface area contributed by atoms with Gasteiger partial charge in [0, 0.05) is 42.9 Å². The topological polar surface area (TPSA) is 115 Å². The highest BCUT2D eigenvalue weighted by atomic mass is 16.6. The van der Waals surface area contributed by atoms with Gasteiger partial charge in [0.25, 0.3) is 5.69 Å². The largest absolute Gasteiger partial charge is 0.366 e. The van der Waals surface area contributed by atoms with Crippen molar-refractivity contribution in [2.75, 3.05) is 13.1 Å². The number of nitro groups is 1. The van der Waals surface area contributed by atoms with Gasteiger partial charge in [0.15, 0.2) is 0 Å². The lowest BCUT2D eigenvalue weighted by Crippen LogP contribution is -2.26. The summed E-state index contributed by atoms with van der Waals surface area (Å²) in [6.07, 6.45) is 0.896. The van der Waals surface area contributed by atoms with Crippen molar-refractivity contribution in [3.63, 3.8) is 0 Å². The summed E-state index contributed by atoms with van der Waals surface area (Å²) in [4.78, 5) is 23.7. The molecular weight excluding hydrogens is 248 g/mol. The van der Waals surface area contributed by atoms with Crippen molar-refractivity contribution in [2.24, 2.45) is 11.5 Å². The van der Waals surface area contributed by atoms with Crippen molar-refractivity contribution in [1.82, 2.24) is 4.90 Å². The summed E-state index contributed by atoms with van der Waals surface area (Å²) in [5, 5.41) is 11.0. The van der Waals surface area contributed by atoms with Gasteiger partial charge in [0.1, 0.15) is 0 Å². The molecule has 0 unspecified atom stereocenters. The lowest BCUT2D eigenvalue weighted by Gasteiger charge is -2.15. The quantitative estimate of drug-likeness (QED) is 0.596. The molecule has 0 saturated carbocycles. The second-order valence-electron chi connectivity index (χ2n) is 4.75. The molecule has 0 aromatic heterocycles. The molecule has 102 valence electrons. The molecule has 4 N–H and O–H groups in total. The molecule has 1 atom stereocenters. The zero-order chi connectivity index (χ0) is 14.0. The Hall–Kier alpha value is -1.99. The number of primary amides is 1. The monoisotopic (exact) mass is 264 g/mol. The molecule has 1 aromatic carbocycles. The normalized spacial score (nSPS) is 19.5. The summed E-state index contributed by atoms with van der Waals surface area (Å²) in [6.45, 7) is 2.02. The maximum atomic E-state index is 11.0. The summed E-state index contributed by atoms with van der Waals surface area (Å²) in [5.41, 5.74) is 11.6. The first kappa shape index (κ1) is 13.4. The van der Waals surface area contributed by atoms with Gasteiger partial charge < -0.3 is 11.5 Å². The number of nitrogens with two attached hydrogens (primary N) is 2. The van der Waals surface area contributed by atoms with Crippen molar-refractivity contribution >= 4 is 11.6 Å². The van der Waals surface area contributed by atoms with Crippen molar-refractivity contribution in [3.8, 4) is 0 Å². The highest BCUT2D eigenvalue weighted by Gasteiger charge is 2.23. The molecule has 0 aliphatic carbocycles. The first-order valence-electron chi connectivity index (χ1n) is 6.02. The van der Waals surface area contributed by atoms with Crippen LogP contribution in [0.3, 0.4) is 0 Å². The number of rotatable bonds is 4. The molecule has 7 nitrogen and oxygen atoms in total. The van der Waals surface area contributed by atoms with Crippen molar-refractivity contribution in [1.29, 1.82) is 0 Å². The smallest absolute Gasteiger partial charge is 0.274 e. The molecule has 0 bridgehead atoms. The van der Waals surface area contributed by atoms with Crippen molar-refractivity contribution in [2.45, 2.75) is 19.0 Å². The van der Waals surface area contributed by atoms with Crippen LogP contribution in [0.15, 0.2) is 18.2 Å². The van der Waals surface area contributed by atoms with Gasteiger partial charge in [-0.2, -0.15) is 0 Å². The minimum Gasteiger partial charge on any atom is -0.366 e. The number of benzene rings is 1. The van der Waals surface area contributed by atoms with Gasteiger partial charge in [0.05, 0.1) is 4.92 Å². The second kappa shape index (κ2) is 5.33. The Kier molecular flexibility index (Phi) is 3.77. The molecule has 1 aromatic rings. The first-order chi connectivity index (χ1) is 8.97. The highest BCUT2D eigenvalue weighted by molar-refractivity contribution is 5.93. The first-order valence-corrected chi connectivity index (χ1v) is 6.02. The van der Waals surface area contributed by atoms with Crippen molar-refractivity contribution < 1.29 is 9.72 Å². The van der Waals surface area contributed by atoms with Crippen LogP contribution in [0.1, 0.15) is 22.3 Å². The van der Waals surface area contributed by atoms with Crippen LogP contribution < -0.4 is 11.5 Å². The Morgan fingerprint density at radius 2 is 2.26 bits per heavy atom. The zero-order valence-corrected chi connectivity index (χ0v) is 10.4.